The topological polar surface area (TPSA) is 69.7 Å². The summed E-state index contributed by atoms with van der Waals surface area (Å²) in [5.41, 5.74) is 6.85. The Kier molecular flexibility index (Phi) is 7.81. The third-order valence-corrected chi connectivity index (χ3v) is 10.4. The van der Waals surface area contributed by atoms with Crippen LogP contribution in [0.5, 0.6) is 28.7 Å². The molecule has 1 spiro atoms. The minimum Gasteiger partial charge on any atom is -0.493 e. The molecule has 0 N–H and O–H groups in total. The highest BCUT2D eigenvalue weighted by Crippen LogP contribution is 2.58. The molecule has 0 aromatic heterocycles. The van der Waals surface area contributed by atoms with Gasteiger partial charge in [-0.2, -0.15) is 0 Å². The number of likely N-dealkylation sites (N-methyl/N-ethyl adjacent to an activating group) is 2. The van der Waals surface area contributed by atoms with Gasteiger partial charge in [-0.25, -0.2) is 0 Å². The molecule has 0 bridgehead atoms. The van der Waals surface area contributed by atoms with Crippen LogP contribution in [0.4, 0.5) is 0 Å². The van der Waals surface area contributed by atoms with Crippen LogP contribution in [0.2, 0.25) is 0 Å². The van der Waals surface area contributed by atoms with Gasteiger partial charge in [0, 0.05) is 36.2 Å². The molecule has 7 rings (SSSR count). The van der Waals surface area contributed by atoms with Crippen molar-refractivity contribution < 1.29 is 28.5 Å². The predicted molar refractivity (Wildman–Crippen MR) is 177 cm³/mol. The van der Waals surface area contributed by atoms with Crippen molar-refractivity contribution in [2.24, 2.45) is 0 Å². The molecule has 3 aromatic carbocycles. The Bertz CT molecular complexity index is 1740. The molecule has 3 aromatic rings. The summed E-state index contributed by atoms with van der Waals surface area (Å²) >= 11 is 0. The van der Waals surface area contributed by atoms with Gasteiger partial charge in [0.25, 0.3) is 0 Å². The quantitative estimate of drug-likeness (QED) is 0.314. The molecule has 4 aliphatic rings. The zero-order chi connectivity index (χ0) is 32.2. The molecular formula is C38H42N2O6. The fourth-order valence-electron chi connectivity index (χ4n) is 7.95. The molecule has 0 fully saturated rings. The second kappa shape index (κ2) is 11.8. The van der Waals surface area contributed by atoms with Crippen molar-refractivity contribution in [2.75, 3.05) is 55.6 Å². The van der Waals surface area contributed by atoms with E-state index in [1.807, 2.05) is 24.3 Å². The first kappa shape index (κ1) is 30.4. The number of rotatable bonds is 8. The Labute approximate surface area is 271 Å². The first-order valence-electron chi connectivity index (χ1n) is 16.0. The first-order chi connectivity index (χ1) is 22.3. The van der Waals surface area contributed by atoms with E-state index >= 15 is 0 Å². The van der Waals surface area contributed by atoms with E-state index in [1.165, 1.54) is 27.8 Å². The van der Waals surface area contributed by atoms with E-state index in [9.17, 15) is 4.79 Å². The summed E-state index contributed by atoms with van der Waals surface area (Å²) < 4.78 is 29.3. The van der Waals surface area contributed by atoms with E-state index in [-0.39, 0.29) is 17.9 Å². The van der Waals surface area contributed by atoms with Gasteiger partial charge in [-0.05, 0) is 110 Å². The molecule has 2 heterocycles. The Morgan fingerprint density at radius 1 is 0.826 bits per heavy atom. The molecule has 3 atom stereocenters. The summed E-state index contributed by atoms with van der Waals surface area (Å²) in [6, 6.07) is 14.9. The number of allylic oxidation sites excluding steroid dienone is 3. The van der Waals surface area contributed by atoms with Gasteiger partial charge in [-0.15, -0.1) is 0 Å². The third kappa shape index (κ3) is 4.95. The fourth-order valence-corrected chi connectivity index (χ4v) is 7.95. The molecule has 3 unspecified atom stereocenters. The van der Waals surface area contributed by atoms with E-state index < -0.39 is 5.41 Å². The molecule has 46 heavy (non-hydrogen) atoms. The minimum atomic E-state index is -0.543. The monoisotopic (exact) mass is 622 g/mol. The first-order valence-corrected chi connectivity index (χ1v) is 16.0. The van der Waals surface area contributed by atoms with Crippen molar-refractivity contribution in [3.05, 3.63) is 99.8 Å². The lowest BCUT2D eigenvalue weighted by molar-refractivity contribution is -0.113. The summed E-state index contributed by atoms with van der Waals surface area (Å²) in [7, 11) is 11.1. The number of benzene rings is 3. The van der Waals surface area contributed by atoms with Crippen molar-refractivity contribution in [3.63, 3.8) is 0 Å². The smallest absolute Gasteiger partial charge is 0.220 e. The number of hydrogen-bond acceptors (Lipinski definition) is 8. The van der Waals surface area contributed by atoms with E-state index in [1.54, 1.807) is 34.5 Å². The van der Waals surface area contributed by atoms with Crippen LogP contribution in [0.3, 0.4) is 0 Å². The SMILES string of the molecule is COc1cc2c(cc1OC)C(Cc1ccc(OC3=CC4(C=CC3=O)CC3c5c(cc(OC)c(OC)c54)CCN3C)cc1)N(C)CC2. The van der Waals surface area contributed by atoms with Gasteiger partial charge in [0.05, 0.1) is 28.4 Å². The van der Waals surface area contributed by atoms with Gasteiger partial charge >= 0.3 is 0 Å². The number of carbonyl (C=O) groups excluding carboxylic acids is 1. The van der Waals surface area contributed by atoms with E-state index in [4.69, 9.17) is 23.7 Å². The maximum absolute atomic E-state index is 13.2. The second-order valence-electron chi connectivity index (χ2n) is 12.9. The number of methoxy groups -OCH3 is 4. The van der Waals surface area contributed by atoms with Crippen LogP contribution >= 0.6 is 0 Å². The molecular weight excluding hydrogens is 580 g/mol. The largest absolute Gasteiger partial charge is 0.493 e. The van der Waals surface area contributed by atoms with Gasteiger partial charge in [-0.1, -0.05) is 18.2 Å². The van der Waals surface area contributed by atoms with Crippen molar-refractivity contribution in [2.45, 2.75) is 43.2 Å². The maximum atomic E-state index is 13.2. The maximum Gasteiger partial charge on any atom is 0.220 e. The van der Waals surface area contributed by atoms with Crippen LogP contribution < -0.4 is 23.7 Å². The van der Waals surface area contributed by atoms with Crippen molar-refractivity contribution in [1.29, 1.82) is 0 Å². The molecule has 0 saturated heterocycles. The van der Waals surface area contributed by atoms with Crippen LogP contribution in [0, 0.1) is 0 Å². The van der Waals surface area contributed by atoms with E-state index in [0.29, 0.717) is 11.5 Å². The third-order valence-electron chi connectivity index (χ3n) is 10.4. The Hall–Kier alpha value is -4.27. The molecule has 2 aliphatic heterocycles. The molecule has 0 saturated carbocycles. The molecule has 8 nitrogen and oxygen atoms in total. The lowest BCUT2D eigenvalue weighted by atomic mass is 9.77. The molecule has 2 aliphatic carbocycles. The minimum absolute atomic E-state index is 0.144. The van der Waals surface area contributed by atoms with Crippen LogP contribution in [-0.2, 0) is 29.5 Å². The number of hydrogen-bond donors (Lipinski definition) is 0. The normalized spacial score (nSPS) is 23.5. The average molecular weight is 623 g/mol. The van der Waals surface area contributed by atoms with Crippen molar-refractivity contribution in [3.8, 4) is 28.7 Å². The highest BCUT2D eigenvalue weighted by atomic mass is 16.5. The van der Waals surface area contributed by atoms with Crippen LogP contribution in [0.1, 0.15) is 51.9 Å². The highest BCUT2D eigenvalue weighted by molar-refractivity contribution is 6.04. The second-order valence-corrected chi connectivity index (χ2v) is 12.9. The number of nitrogens with zero attached hydrogens (tertiary/aromatic N) is 2. The van der Waals surface area contributed by atoms with Crippen molar-refractivity contribution in [1.82, 2.24) is 9.80 Å². The zero-order valence-corrected chi connectivity index (χ0v) is 27.5. The van der Waals surface area contributed by atoms with Gasteiger partial charge < -0.3 is 23.7 Å². The average Bonchev–Trinajstić information content (AvgIpc) is 3.41. The number of ether oxygens (including phenoxy) is 5. The molecule has 0 radical (unpaired) electrons. The van der Waals surface area contributed by atoms with Gasteiger partial charge in [0.2, 0.25) is 5.78 Å². The van der Waals surface area contributed by atoms with Crippen LogP contribution in [-0.4, -0.2) is 71.2 Å². The number of ketones is 1. The lowest BCUT2D eigenvalue weighted by Gasteiger charge is -2.35. The molecule has 8 heteroatoms. The van der Waals surface area contributed by atoms with E-state index in [0.717, 1.165) is 67.3 Å². The number of carbonyl (C=O) groups is 1. The van der Waals surface area contributed by atoms with Gasteiger partial charge in [-0.3, -0.25) is 14.6 Å². The van der Waals surface area contributed by atoms with Gasteiger partial charge in [0.15, 0.2) is 28.8 Å². The molecule has 0 amide bonds. The fraction of sp³-hybridized carbons (Fsp3) is 0.395. The van der Waals surface area contributed by atoms with Crippen LogP contribution in [0.25, 0.3) is 0 Å². The standard InChI is InChI=1S/C38H42N2O6/c1-39-15-12-24-18-31(42-3)32(43-4)20-27(24)28(39)17-23-7-9-26(10-8-23)46-34-22-38(14-11-30(34)41)21-29-35-25(13-16-40(29)2)19-33(44-5)37(45-6)36(35)38/h7-11,14,18-20,22,28-29H,12-13,15-17,21H2,1-6H3. The Morgan fingerprint density at radius 3 is 2.22 bits per heavy atom. The van der Waals surface area contributed by atoms with E-state index in [2.05, 4.69) is 54.2 Å². The summed E-state index contributed by atoms with van der Waals surface area (Å²) in [6.45, 7) is 1.94. The highest BCUT2D eigenvalue weighted by Gasteiger charge is 2.50. The molecule has 240 valence electrons. The Morgan fingerprint density at radius 2 is 1.50 bits per heavy atom. The summed E-state index contributed by atoms with van der Waals surface area (Å²) in [6.07, 6.45) is 9.24. The summed E-state index contributed by atoms with van der Waals surface area (Å²) in [5.74, 6) is 3.78. The van der Waals surface area contributed by atoms with Crippen LogP contribution in [0.15, 0.2) is 66.5 Å². The van der Waals surface area contributed by atoms with Crippen molar-refractivity contribution >= 4 is 5.78 Å². The zero-order valence-electron chi connectivity index (χ0n) is 27.5. The lowest BCUT2D eigenvalue weighted by Crippen LogP contribution is -2.33. The summed E-state index contributed by atoms with van der Waals surface area (Å²) in [4.78, 5) is 18.0. The number of fused-ring (bicyclic) bond motifs is 2. The predicted octanol–water partition coefficient (Wildman–Crippen LogP) is 5.77. The Balaban J connectivity index is 1.17. The van der Waals surface area contributed by atoms with Gasteiger partial charge in [0.1, 0.15) is 5.75 Å². The summed E-state index contributed by atoms with van der Waals surface area (Å²) in [5, 5.41) is 0.